The smallest absolute Gasteiger partial charge is 0.256 e. The topological polar surface area (TPSA) is 80.0 Å². The zero-order chi connectivity index (χ0) is 32.7. The Bertz CT molecular complexity index is 1530. The average molecular weight is 613 g/mol. The molecule has 0 radical (unpaired) electrons. The van der Waals surface area contributed by atoms with E-state index in [9.17, 15) is 18.7 Å². The van der Waals surface area contributed by atoms with Crippen molar-refractivity contribution in [3.8, 4) is 16.9 Å². The van der Waals surface area contributed by atoms with Gasteiger partial charge in [-0.2, -0.15) is 4.98 Å². The first kappa shape index (κ1) is 37.4. The molecule has 0 fully saturated rings. The molecule has 0 saturated carbocycles. The van der Waals surface area contributed by atoms with Crippen molar-refractivity contribution in [3.63, 3.8) is 0 Å². The SMILES string of the molecule is C=C(O)c1cc(P)c(C)c(-c2nc(NCCCC)nc3c2ccc(=O)n3-c2c(F)cccc2F)c1.CC.CCC.CCC. The number of hydrogen-bond donors (Lipinski definition) is 2. The number of halogens is 2. The fraction of sp³-hybridized carbons (Fsp3) is 0.382. The first-order chi connectivity index (χ1) is 20.6. The molecule has 4 aromatic rings. The van der Waals surface area contributed by atoms with Crippen molar-refractivity contribution < 1.29 is 13.9 Å². The number of pyridine rings is 1. The number of unbranched alkanes of at least 4 members (excludes halogenated alkanes) is 1. The van der Waals surface area contributed by atoms with Crippen LogP contribution in [-0.4, -0.2) is 26.2 Å². The number of benzene rings is 2. The molecule has 1 atom stereocenters. The van der Waals surface area contributed by atoms with Crippen molar-refractivity contribution >= 4 is 37.3 Å². The van der Waals surface area contributed by atoms with E-state index in [2.05, 4.69) is 53.8 Å². The van der Waals surface area contributed by atoms with E-state index in [1.165, 1.54) is 25.0 Å². The molecule has 0 aliphatic heterocycles. The average Bonchev–Trinajstić information content (AvgIpc) is 2.97. The third-order valence-corrected chi connectivity index (χ3v) is 6.36. The van der Waals surface area contributed by atoms with Gasteiger partial charge < -0.3 is 10.4 Å². The maximum absolute atomic E-state index is 14.8. The maximum Gasteiger partial charge on any atom is 0.256 e. The first-order valence-corrected chi connectivity index (χ1v) is 15.5. The maximum atomic E-state index is 14.8. The minimum absolute atomic E-state index is 0.0587. The largest absolute Gasteiger partial charge is 0.508 e. The van der Waals surface area contributed by atoms with Crippen molar-refractivity contribution in [1.82, 2.24) is 14.5 Å². The molecule has 9 heteroatoms. The number of aliphatic hydroxyl groups is 1. The minimum Gasteiger partial charge on any atom is -0.508 e. The molecular formula is C34H47F2N4O2P. The summed E-state index contributed by atoms with van der Waals surface area (Å²) in [5.41, 5.74) is 1.38. The molecule has 0 bridgehead atoms. The summed E-state index contributed by atoms with van der Waals surface area (Å²) in [6, 6.07) is 9.71. The number of aromatic nitrogens is 3. The number of rotatable bonds is 7. The second-order valence-electron chi connectivity index (χ2n) is 9.59. The summed E-state index contributed by atoms with van der Waals surface area (Å²) in [4.78, 5) is 22.1. The van der Waals surface area contributed by atoms with E-state index in [0.29, 0.717) is 28.8 Å². The van der Waals surface area contributed by atoms with Gasteiger partial charge in [-0.05, 0) is 54.5 Å². The molecule has 234 valence electrons. The van der Waals surface area contributed by atoms with E-state index < -0.39 is 22.9 Å². The Morgan fingerprint density at radius 2 is 1.58 bits per heavy atom. The van der Waals surface area contributed by atoms with Crippen LogP contribution in [0.4, 0.5) is 14.7 Å². The fourth-order valence-electron chi connectivity index (χ4n) is 3.84. The van der Waals surface area contributed by atoms with Crippen LogP contribution in [0, 0.1) is 18.6 Å². The van der Waals surface area contributed by atoms with E-state index in [0.717, 1.165) is 40.4 Å². The number of nitrogens with one attached hydrogen (secondary N) is 1. The van der Waals surface area contributed by atoms with Crippen LogP contribution in [0.5, 0.6) is 0 Å². The van der Waals surface area contributed by atoms with Gasteiger partial charge in [-0.1, -0.05) is 80.4 Å². The molecular weight excluding hydrogens is 565 g/mol. The summed E-state index contributed by atoms with van der Waals surface area (Å²) in [6.07, 6.45) is 4.30. The third kappa shape index (κ3) is 9.69. The normalized spacial score (nSPS) is 10.0. The molecule has 43 heavy (non-hydrogen) atoms. The predicted octanol–water partition coefficient (Wildman–Crippen LogP) is 9.13. The first-order valence-electron chi connectivity index (χ1n) is 15.0. The number of para-hydroxylation sites is 1. The second-order valence-corrected chi connectivity index (χ2v) is 10.2. The van der Waals surface area contributed by atoms with Crippen LogP contribution in [0.15, 0.2) is 53.8 Å². The summed E-state index contributed by atoms with van der Waals surface area (Å²) >= 11 is 0. The van der Waals surface area contributed by atoms with Gasteiger partial charge in [0.15, 0.2) is 5.65 Å². The van der Waals surface area contributed by atoms with Crippen LogP contribution in [-0.2, 0) is 0 Å². The lowest BCUT2D eigenvalue weighted by molar-refractivity contribution is 0.514. The Labute approximate surface area is 257 Å². The molecule has 2 heterocycles. The Kier molecular flexibility index (Phi) is 16.3. The highest BCUT2D eigenvalue weighted by molar-refractivity contribution is 7.27. The van der Waals surface area contributed by atoms with Gasteiger partial charge in [-0.15, -0.1) is 9.24 Å². The molecule has 2 aromatic heterocycles. The molecule has 0 amide bonds. The summed E-state index contributed by atoms with van der Waals surface area (Å²) in [5, 5.41) is 14.4. The number of anilines is 1. The quantitative estimate of drug-likeness (QED) is 0.124. The summed E-state index contributed by atoms with van der Waals surface area (Å²) in [6.45, 7) is 20.6. The highest BCUT2D eigenvalue weighted by atomic mass is 31.0. The summed E-state index contributed by atoms with van der Waals surface area (Å²) in [5.74, 6) is -1.67. The van der Waals surface area contributed by atoms with Crippen molar-refractivity contribution in [2.45, 2.75) is 81.1 Å². The van der Waals surface area contributed by atoms with Crippen LogP contribution >= 0.6 is 9.24 Å². The van der Waals surface area contributed by atoms with Gasteiger partial charge in [0.1, 0.15) is 23.1 Å². The lowest BCUT2D eigenvalue weighted by Crippen LogP contribution is -2.22. The van der Waals surface area contributed by atoms with Crippen molar-refractivity contribution in [2.24, 2.45) is 0 Å². The zero-order valence-corrected chi connectivity index (χ0v) is 28.0. The predicted molar refractivity (Wildman–Crippen MR) is 183 cm³/mol. The third-order valence-electron chi connectivity index (χ3n) is 5.76. The molecule has 0 spiro atoms. The Morgan fingerprint density at radius 3 is 2.12 bits per heavy atom. The monoisotopic (exact) mass is 612 g/mol. The number of nitrogens with zero attached hydrogens (tertiary/aromatic N) is 3. The van der Waals surface area contributed by atoms with Gasteiger partial charge >= 0.3 is 0 Å². The number of fused-ring (bicyclic) bond motifs is 1. The van der Waals surface area contributed by atoms with Crippen LogP contribution in [0.25, 0.3) is 33.7 Å². The van der Waals surface area contributed by atoms with E-state index in [1.807, 2.05) is 27.7 Å². The zero-order valence-electron chi connectivity index (χ0n) is 26.8. The highest BCUT2D eigenvalue weighted by Gasteiger charge is 2.21. The van der Waals surface area contributed by atoms with Crippen LogP contribution in [0.3, 0.4) is 0 Å². The van der Waals surface area contributed by atoms with Crippen LogP contribution in [0.1, 0.15) is 85.3 Å². The Balaban J connectivity index is 0.00000105. The second kappa shape index (κ2) is 18.8. The number of hydrogen-bond acceptors (Lipinski definition) is 5. The van der Waals surface area contributed by atoms with Crippen molar-refractivity contribution in [2.75, 3.05) is 11.9 Å². The molecule has 6 nitrogen and oxygen atoms in total. The van der Waals surface area contributed by atoms with Gasteiger partial charge in [-0.25, -0.2) is 13.8 Å². The standard InChI is InChI=1S/C26H25F2N4O2P.2C3H8.C2H6/c1-4-5-11-29-26-30-23(18-12-16(15(3)33)13-21(35)14(18)2)17-9-10-22(34)32(25(17)31-26)24-19(27)7-6-8-20(24)28;2*1-3-2;1-2/h6-10,12-13,33H,3-5,11,35H2,1-2H3,(H,29,30,31);2*3H2,1-2H3;1-2H3. The molecule has 4 rings (SSSR count). The number of aliphatic hydroxyl groups excluding tert-OH is 1. The van der Waals surface area contributed by atoms with E-state index in [1.54, 1.807) is 18.2 Å². The van der Waals surface area contributed by atoms with Crippen LogP contribution < -0.4 is 16.2 Å². The molecule has 0 saturated heterocycles. The van der Waals surface area contributed by atoms with E-state index in [-0.39, 0.29) is 17.4 Å². The van der Waals surface area contributed by atoms with Gasteiger partial charge in [-0.3, -0.25) is 9.36 Å². The molecule has 0 aliphatic carbocycles. The Hall–Kier alpha value is -3.64. The highest BCUT2D eigenvalue weighted by Crippen LogP contribution is 2.32. The van der Waals surface area contributed by atoms with Gasteiger partial charge in [0.2, 0.25) is 5.95 Å². The van der Waals surface area contributed by atoms with E-state index in [4.69, 9.17) is 4.98 Å². The minimum atomic E-state index is -0.887. The van der Waals surface area contributed by atoms with Crippen LogP contribution in [0.2, 0.25) is 0 Å². The molecule has 1 unspecified atom stereocenters. The molecule has 0 aliphatic rings. The van der Waals surface area contributed by atoms with Crippen molar-refractivity contribution in [1.29, 1.82) is 0 Å². The lowest BCUT2D eigenvalue weighted by Gasteiger charge is -2.17. The lowest BCUT2D eigenvalue weighted by atomic mass is 9.99. The summed E-state index contributed by atoms with van der Waals surface area (Å²) in [7, 11) is 2.62. The van der Waals surface area contributed by atoms with Gasteiger partial charge in [0, 0.05) is 29.1 Å². The van der Waals surface area contributed by atoms with E-state index >= 15 is 0 Å². The van der Waals surface area contributed by atoms with Gasteiger partial charge in [0.05, 0.1) is 5.69 Å². The Morgan fingerprint density at radius 1 is 1.00 bits per heavy atom. The molecule has 2 N–H and O–H groups in total. The fourth-order valence-corrected chi connectivity index (χ4v) is 4.18. The van der Waals surface area contributed by atoms with Gasteiger partial charge in [0.25, 0.3) is 5.56 Å². The molecule has 2 aromatic carbocycles. The summed E-state index contributed by atoms with van der Waals surface area (Å²) < 4.78 is 30.5. The van der Waals surface area contributed by atoms with Crippen molar-refractivity contribution in [3.05, 3.63) is 82.2 Å².